The lowest BCUT2D eigenvalue weighted by Gasteiger charge is -2.07. The van der Waals surface area contributed by atoms with Crippen molar-refractivity contribution in [2.75, 3.05) is 0 Å². The van der Waals surface area contributed by atoms with Crippen LogP contribution in [-0.4, -0.2) is 19.7 Å². The van der Waals surface area contributed by atoms with Crippen molar-refractivity contribution >= 4 is 11.8 Å². The second-order valence-corrected chi connectivity index (χ2v) is 6.69. The number of oxazole rings is 1. The van der Waals surface area contributed by atoms with Gasteiger partial charge >= 0.3 is 0 Å². The molecule has 0 spiro atoms. The maximum absolute atomic E-state index is 5.61. The van der Waals surface area contributed by atoms with Gasteiger partial charge in [0, 0.05) is 12.0 Å². The number of aryl methyl sites for hydroxylation is 2. The summed E-state index contributed by atoms with van der Waals surface area (Å²) in [4.78, 5) is 4.41. The van der Waals surface area contributed by atoms with Crippen molar-refractivity contribution in [1.82, 2.24) is 19.7 Å². The fraction of sp³-hybridized carbons (Fsp3) is 0.643. The molecule has 6 heteroatoms. The van der Waals surface area contributed by atoms with Crippen molar-refractivity contribution in [3.8, 4) is 0 Å². The summed E-state index contributed by atoms with van der Waals surface area (Å²) in [6.45, 7) is 3.92. The van der Waals surface area contributed by atoms with E-state index in [-0.39, 0.29) is 0 Å². The minimum absolute atomic E-state index is 0.643. The lowest BCUT2D eigenvalue weighted by Crippen LogP contribution is -2.04. The fourth-order valence-corrected chi connectivity index (χ4v) is 3.25. The Balaban J connectivity index is 1.53. The van der Waals surface area contributed by atoms with Gasteiger partial charge < -0.3 is 8.98 Å². The van der Waals surface area contributed by atoms with Crippen molar-refractivity contribution in [2.24, 2.45) is 0 Å². The van der Waals surface area contributed by atoms with E-state index in [1.807, 2.05) is 13.8 Å². The average molecular weight is 290 g/mol. The van der Waals surface area contributed by atoms with Gasteiger partial charge in [-0.15, -0.1) is 10.2 Å². The van der Waals surface area contributed by atoms with Crippen LogP contribution in [0, 0.1) is 13.8 Å². The summed E-state index contributed by atoms with van der Waals surface area (Å²) in [5.41, 5.74) is 0.967. The van der Waals surface area contributed by atoms with E-state index in [2.05, 4.69) is 19.7 Å². The maximum atomic E-state index is 5.61. The van der Waals surface area contributed by atoms with Gasteiger partial charge in [0.25, 0.3) is 5.22 Å². The first-order valence-electron chi connectivity index (χ1n) is 7.23. The van der Waals surface area contributed by atoms with Crippen LogP contribution in [0.25, 0.3) is 0 Å². The molecule has 2 fully saturated rings. The first kappa shape index (κ1) is 12.4. The predicted molar refractivity (Wildman–Crippen MR) is 75.8 cm³/mol. The molecule has 0 atom stereocenters. The second kappa shape index (κ2) is 4.62. The van der Waals surface area contributed by atoms with Crippen LogP contribution in [0.4, 0.5) is 0 Å². The zero-order valence-electron chi connectivity index (χ0n) is 11.8. The smallest absolute Gasteiger partial charge is 0.256 e. The largest absolute Gasteiger partial charge is 0.437 e. The lowest BCUT2D eigenvalue weighted by atomic mass is 10.4. The molecule has 0 aromatic carbocycles. The van der Waals surface area contributed by atoms with Gasteiger partial charge in [-0.25, -0.2) is 4.98 Å². The quantitative estimate of drug-likeness (QED) is 0.790. The summed E-state index contributed by atoms with van der Waals surface area (Å²) in [7, 11) is 0. The monoisotopic (exact) mass is 290 g/mol. The van der Waals surface area contributed by atoms with Gasteiger partial charge in [-0.05, 0) is 39.5 Å². The molecular formula is C14H18N4OS. The van der Waals surface area contributed by atoms with E-state index in [0.717, 1.165) is 28.3 Å². The Morgan fingerprint density at radius 3 is 2.60 bits per heavy atom. The van der Waals surface area contributed by atoms with Crippen LogP contribution < -0.4 is 0 Å². The Bertz CT molecular complexity index is 620. The minimum atomic E-state index is 0.643. The van der Waals surface area contributed by atoms with Gasteiger partial charge in [0.2, 0.25) is 0 Å². The summed E-state index contributed by atoms with van der Waals surface area (Å²) in [6, 6.07) is 0.643. The van der Waals surface area contributed by atoms with Crippen LogP contribution in [0.1, 0.15) is 60.7 Å². The first-order valence-corrected chi connectivity index (χ1v) is 8.21. The van der Waals surface area contributed by atoms with Crippen LogP contribution in [0.2, 0.25) is 0 Å². The second-order valence-electron chi connectivity index (χ2n) is 5.76. The molecule has 0 radical (unpaired) electrons. The average Bonchev–Trinajstić information content (AvgIpc) is 3.34. The van der Waals surface area contributed by atoms with Gasteiger partial charge in [0.15, 0.2) is 0 Å². The molecule has 2 heterocycles. The topological polar surface area (TPSA) is 56.7 Å². The van der Waals surface area contributed by atoms with Crippen LogP contribution in [0.15, 0.2) is 9.64 Å². The highest BCUT2D eigenvalue weighted by molar-refractivity contribution is 7.98. The molecule has 0 N–H and O–H groups in total. The Morgan fingerprint density at radius 2 is 2.00 bits per heavy atom. The molecule has 0 aliphatic heterocycles. The standard InChI is InChI=1S/C14H18N4OS/c1-8-9(2)19-14(15-8)20-7-12-16-17-13(10-3-4-10)18(12)11-5-6-11/h10-11H,3-7H2,1-2H3. The minimum Gasteiger partial charge on any atom is -0.437 e. The SMILES string of the molecule is Cc1nc(SCc2nnc(C3CC3)n2C2CC2)oc1C. The molecule has 2 saturated carbocycles. The molecular weight excluding hydrogens is 272 g/mol. The van der Waals surface area contributed by atoms with E-state index >= 15 is 0 Å². The number of hydrogen-bond acceptors (Lipinski definition) is 5. The molecule has 4 rings (SSSR count). The van der Waals surface area contributed by atoms with Gasteiger partial charge in [-0.3, -0.25) is 0 Å². The molecule has 0 unspecified atom stereocenters. The van der Waals surface area contributed by atoms with Gasteiger partial charge in [-0.1, -0.05) is 11.8 Å². The summed E-state index contributed by atoms with van der Waals surface area (Å²) >= 11 is 1.61. The van der Waals surface area contributed by atoms with Crippen molar-refractivity contribution in [3.05, 3.63) is 23.1 Å². The molecule has 0 bridgehead atoms. The van der Waals surface area contributed by atoms with Crippen LogP contribution in [0.3, 0.4) is 0 Å². The number of rotatable bonds is 5. The van der Waals surface area contributed by atoms with Crippen LogP contribution in [0.5, 0.6) is 0 Å². The van der Waals surface area contributed by atoms with E-state index in [0.29, 0.717) is 12.0 Å². The zero-order valence-corrected chi connectivity index (χ0v) is 12.6. The van der Waals surface area contributed by atoms with E-state index in [4.69, 9.17) is 4.42 Å². The maximum Gasteiger partial charge on any atom is 0.256 e. The summed E-state index contributed by atoms with van der Waals surface area (Å²) in [6.07, 6.45) is 5.09. The molecule has 2 aromatic heterocycles. The highest BCUT2D eigenvalue weighted by Gasteiger charge is 2.36. The predicted octanol–water partition coefficient (Wildman–Crippen LogP) is 3.39. The highest BCUT2D eigenvalue weighted by Crippen LogP contribution is 2.45. The summed E-state index contributed by atoms with van der Waals surface area (Å²) in [5.74, 6) is 4.63. The van der Waals surface area contributed by atoms with Gasteiger partial charge in [-0.2, -0.15) is 0 Å². The molecule has 2 aromatic rings. The van der Waals surface area contributed by atoms with E-state index in [1.54, 1.807) is 11.8 Å². The van der Waals surface area contributed by atoms with Crippen LogP contribution in [-0.2, 0) is 5.75 Å². The molecule has 0 amide bonds. The number of nitrogens with zero attached hydrogens (tertiary/aromatic N) is 4. The highest BCUT2D eigenvalue weighted by atomic mass is 32.2. The summed E-state index contributed by atoms with van der Waals surface area (Å²) in [5, 5.41) is 9.56. The molecule has 2 aliphatic rings. The summed E-state index contributed by atoms with van der Waals surface area (Å²) < 4.78 is 8.00. The molecule has 5 nitrogen and oxygen atoms in total. The Kier molecular flexibility index (Phi) is 2.87. The molecule has 0 saturated heterocycles. The van der Waals surface area contributed by atoms with Crippen LogP contribution >= 0.6 is 11.8 Å². The molecule has 20 heavy (non-hydrogen) atoms. The Morgan fingerprint density at radius 1 is 1.20 bits per heavy atom. The van der Waals surface area contributed by atoms with Crippen molar-refractivity contribution in [3.63, 3.8) is 0 Å². The third kappa shape index (κ3) is 2.26. The van der Waals surface area contributed by atoms with E-state index in [9.17, 15) is 0 Å². The Hall–Kier alpha value is -1.30. The van der Waals surface area contributed by atoms with Crippen molar-refractivity contribution in [1.29, 1.82) is 0 Å². The van der Waals surface area contributed by atoms with Gasteiger partial charge in [0.1, 0.15) is 17.4 Å². The number of aromatic nitrogens is 4. The lowest BCUT2D eigenvalue weighted by molar-refractivity contribution is 0.431. The van der Waals surface area contributed by atoms with E-state index in [1.165, 1.54) is 31.5 Å². The molecule has 106 valence electrons. The third-order valence-electron chi connectivity index (χ3n) is 3.98. The number of hydrogen-bond donors (Lipinski definition) is 0. The first-order chi connectivity index (χ1) is 9.72. The van der Waals surface area contributed by atoms with Gasteiger partial charge in [0.05, 0.1) is 11.4 Å². The Labute approximate surface area is 122 Å². The molecule has 2 aliphatic carbocycles. The third-order valence-corrected chi connectivity index (χ3v) is 4.81. The number of thioether (sulfide) groups is 1. The van der Waals surface area contributed by atoms with Crippen molar-refractivity contribution in [2.45, 2.75) is 62.5 Å². The van der Waals surface area contributed by atoms with E-state index < -0.39 is 0 Å². The normalized spacial score (nSPS) is 18.7. The van der Waals surface area contributed by atoms with Crippen molar-refractivity contribution < 1.29 is 4.42 Å². The zero-order chi connectivity index (χ0) is 13.7. The fourth-order valence-electron chi connectivity index (χ4n) is 2.42.